The zero-order valence-corrected chi connectivity index (χ0v) is 14.7. The van der Waals surface area contributed by atoms with Gasteiger partial charge in [0, 0.05) is 18.0 Å². The predicted molar refractivity (Wildman–Crippen MR) is 103 cm³/mol. The molecule has 1 amide bonds. The molecule has 0 bridgehead atoms. The Hall–Kier alpha value is -3.87. The summed E-state index contributed by atoms with van der Waals surface area (Å²) in [4.78, 5) is 33.8. The Balaban J connectivity index is 1.77. The van der Waals surface area contributed by atoms with Crippen LogP contribution in [0.2, 0.25) is 0 Å². The van der Waals surface area contributed by atoms with Crippen LogP contribution in [0.15, 0.2) is 77.9 Å². The summed E-state index contributed by atoms with van der Waals surface area (Å²) in [5.74, 6) is -0.369. The van der Waals surface area contributed by atoms with E-state index in [1.807, 2.05) is 0 Å². The van der Waals surface area contributed by atoms with Crippen LogP contribution < -0.4 is 10.9 Å². The van der Waals surface area contributed by atoms with Crippen molar-refractivity contribution in [1.29, 1.82) is 0 Å². The number of halogens is 1. The number of hydrogen-bond acceptors (Lipinski definition) is 4. The Morgan fingerprint density at radius 1 is 1.00 bits per heavy atom. The first-order chi connectivity index (χ1) is 13.6. The molecule has 138 valence electrons. The van der Waals surface area contributed by atoms with Crippen LogP contribution in [0.3, 0.4) is 0 Å². The molecule has 0 aliphatic rings. The number of fused-ring (bicyclic) bond motifs is 1. The van der Waals surface area contributed by atoms with Gasteiger partial charge in [-0.05, 0) is 48.5 Å². The molecule has 0 unspecified atom stereocenters. The normalized spacial score (nSPS) is 10.8. The third-order valence-electron chi connectivity index (χ3n) is 4.28. The molecule has 0 radical (unpaired) electrons. The Morgan fingerprint density at radius 3 is 2.46 bits per heavy atom. The average Bonchev–Trinajstić information content (AvgIpc) is 2.74. The van der Waals surface area contributed by atoms with E-state index in [1.54, 1.807) is 36.4 Å². The number of amides is 1. The SMILES string of the molecule is O=C(NCc1nc2ccccc2c(=O)n1-c1ccc(F)cc1)c1ccncc1. The molecule has 0 atom stereocenters. The quantitative estimate of drug-likeness (QED) is 0.596. The van der Waals surface area contributed by atoms with E-state index in [1.165, 1.54) is 41.2 Å². The minimum atomic E-state index is -0.405. The Bertz CT molecular complexity index is 1200. The lowest BCUT2D eigenvalue weighted by atomic mass is 10.2. The van der Waals surface area contributed by atoms with Crippen LogP contribution in [0.5, 0.6) is 0 Å². The largest absolute Gasteiger partial charge is 0.345 e. The Labute approximate surface area is 159 Å². The molecule has 6 nitrogen and oxygen atoms in total. The first kappa shape index (κ1) is 17.5. The molecule has 0 aliphatic heterocycles. The molecule has 4 rings (SSSR count). The highest BCUT2D eigenvalue weighted by atomic mass is 19.1. The van der Waals surface area contributed by atoms with Gasteiger partial charge in [0.1, 0.15) is 11.6 Å². The van der Waals surface area contributed by atoms with E-state index in [2.05, 4.69) is 15.3 Å². The highest BCUT2D eigenvalue weighted by molar-refractivity contribution is 5.93. The molecule has 4 aromatic rings. The van der Waals surface area contributed by atoms with Crippen molar-refractivity contribution < 1.29 is 9.18 Å². The first-order valence-corrected chi connectivity index (χ1v) is 8.58. The minimum Gasteiger partial charge on any atom is -0.345 e. The van der Waals surface area contributed by atoms with Gasteiger partial charge in [0.25, 0.3) is 11.5 Å². The lowest BCUT2D eigenvalue weighted by Gasteiger charge is -2.14. The van der Waals surface area contributed by atoms with Crippen molar-refractivity contribution in [1.82, 2.24) is 19.9 Å². The maximum absolute atomic E-state index is 13.3. The molecule has 0 spiro atoms. The predicted octanol–water partition coefficient (Wildman–Crippen LogP) is 2.85. The standard InChI is InChI=1S/C21H15FN4O2/c22-15-5-7-16(8-6-15)26-19(13-24-20(27)14-9-11-23-12-10-14)25-18-4-2-1-3-17(18)21(26)28/h1-12H,13H2,(H,24,27). The van der Waals surface area contributed by atoms with Crippen LogP contribution >= 0.6 is 0 Å². The van der Waals surface area contributed by atoms with E-state index < -0.39 is 5.82 Å². The van der Waals surface area contributed by atoms with Crippen LogP contribution in [-0.2, 0) is 6.54 Å². The third-order valence-corrected chi connectivity index (χ3v) is 4.28. The van der Waals surface area contributed by atoms with Gasteiger partial charge in [0.05, 0.1) is 23.1 Å². The fraction of sp³-hybridized carbons (Fsp3) is 0.0476. The molecule has 2 aromatic heterocycles. The van der Waals surface area contributed by atoms with Crippen LogP contribution in [0.1, 0.15) is 16.2 Å². The second-order valence-corrected chi connectivity index (χ2v) is 6.08. The van der Waals surface area contributed by atoms with Gasteiger partial charge in [-0.3, -0.25) is 19.1 Å². The van der Waals surface area contributed by atoms with Crippen molar-refractivity contribution in [2.24, 2.45) is 0 Å². The third kappa shape index (κ3) is 3.37. The summed E-state index contributed by atoms with van der Waals surface area (Å²) in [7, 11) is 0. The number of aromatic nitrogens is 3. The molecule has 2 heterocycles. The topological polar surface area (TPSA) is 76.9 Å². The number of nitrogens with one attached hydrogen (secondary N) is 1. The maximum atomic E-state index is 13.3. The highest BCUT2D eigenvalue weighted by Crippen LogP contribution is 2.14. The summed E-state index contributed by atoms with van der Waals surface area (Å²) in [6.45, 7) is 0.0264. The smallest absolute Gasteiger partial charge is 0.266 e. The van der Waals surface area contributed by atoms with Crippen molar-refractivity contribution in [3.8, 4) is 5.69 Å². The summed E-state index contributed by atoms with van der Waals surface area (Å²) in [5.41, 5.74) is 1.16. The molecule has 0 aliphatic carbocycles. The van der Waals surface area contributed by atoms with Gasteiger partial charge in [-0.2, -0.15) is 0 Å². The maximum Gasteiger partial charge on any atom is 0.266 e. The lowest BCUT2D eigenvalue weighted by molar-refractivity contribution is 0.0949. The van der Waals surface area contributed by atoms with Gasteiger partial charge in [-0.1, -0.05) is 12.1 Å². The first-order valence-electron chi connectivity index (χ1n) is 8.58. The van der Waals surface area contributed by atoms with Crippen molar-refractivity contribution in [3.63, 3.8) is 0 Å². The lowest BCUT2D eigenvalue weighted by Crippen LogP contribution is -2.30. The number of carbonyl (C=O) groups is 1. The molecule has 0 saturated carbocycles. The summed E-state index contributed by atoms with van der Waals surface area (Å²) in [6, 6.07) is 15.7. The number of pyridine rings is 1. The molecule has 28 heavy (non-hydrogen) atoms. The van der Waals surface area contributed by atoms with E-state index >= 15 is 0 Å². The number of nitrogens with zero attached hydrogens (tertiary/aromatic N) is 3. The van der Waals surface area contributed by atoms with E-state index in [4.69, 9.17) is 0 Å². The molecule has 2 aromatic carbocycles. The molecular weight excluding hydrogens is 359 g/mol. The second-order valence-electron chi connectivity index (χ2n) is 6.08. The van der Waals surface area contributed by atoms with E-state index in [9.17, 15) is 14.0 Å². The number of carbonyl (C=O) groups excluding carboxylic acids is 1. The molecule has 7 heteroatoms. The second kappa shape index (κ2) is 7.40. The number of benzene rings is 2. The van der Waals surface area contributed by atoms with Gasteiger partial charge in [0.15, 0.2) is 0 Å². The molecular formula is C21H15FN4O2. The fourth-order valence-electron chi connectivity index (χ4n) is 2.92. The molecule has 0 saturated heterocycles. The number of para-hydroxylation sites is 1. The number of rotatable bonds is 4. The van der Waals surface area contributed by atoms with Crippen LogP contribution in [0, 0.1) is 5.82 Å². The fourth-order valence-corrected chi connectivity index (χ4v) is 2.92. The number of hydrogen-bond donors (Lipinski definition) is 1. The summed E-state index contributed by atoms with van der Waals surface area (Å²) >= 11 is 0. The molecule has 1 N–H and O–H groups in total. The minimum absolute atomic E-state index is 0.0264. The van der Waals surface area contributed by atoms with Gasteiger partial charge < -0.3 is 5.32 Å². The Kier molecular flexibility index (Phi) is 4.63. The zero-order chi connectivity index (χ0) is 19.5. The highest BCUT2D eigenvalue weighted by Gasteiger charge is 2.14. The van der Waals surface area contributed by atoms with Crippen molar-refractivity contribution in [2.75, 3.05) is 0 Å². The van der Waals surface area contributed by atoms with Crippen LogP contribution in [0.4, 0.5) is 4.39 Å². The van der Waals surface area contributed by atoms with Crippen LogP contribution in [0.25, 0.3) is 16.6 Å². The van der Waals surface area contributed by atoms with Gasteiger partial charge in [-0.15, -0.1) is 0 Å². The summed E-state index contributed by atoms with van der Waals surface area (Å²) in [6.07, 6.45) is 3.05. The van der Waals surface area contributed by atoms with Gasteiger partial charge in [0.2, 0.25) is 0 Å². The average molecular weight is 374 g/mol. The van der Waals surface area contributed by atoms with E-state index in [0.29, 0.717) is 28.0 Å². The summed E-state index contributed by atoms with van der Waals surface area (Å²) < 4.78 is 14.7. The monoisotopic (exact) mass is 374 g/mol. The van der Waals surface area contributed by atoms with Crippen LogP contribution in [-0.4, -0.2) is 20.4 Å². The van der Waals surface area contributed by atoms with Crippen molar-refractivity contribution in [3.05, 3.63) is 101 Å². The van der Waals surface area contributed by atoms with Gasteiger partial charge >= 0.3 is 0 Å². The van der Waals surface area contributed by atoms with E-state index in [0.717, 1.165) is 0 Å². The Morgan fingerprint density at radius 2 is 1.71 bits per heavy atom. The van der Waals surface area contributed by atoms with Gasteiger partial charge in [-0.25, -0.2) is 9.37 Å². The summed E-state index contributed by atoms with van der Waals surface area (Å²) in [5, 5.41) is 3.21. The molecule has 0 fully saturated rings. The van der Waals surface area contributed by atoms with Crippen molar-refractivity contribution in [2.45, 2.75) is 6.54 Å². The zero-order valence-electron chi connectivity index (χ0n) is 14.7. The van der Waals surface area contributed by atoms with E-state index in [-0.39, 0.29) is 18.0 Å². The van der Waals surface area contributed by atoms with Crippen molar-refractivity contribution >= 4 is 16.8 Å².